The molecule has 1 saturated heterocycles. The lowest BCUT2D eigenvalue weighted by atomic mass is 10.0. The second kappa shape index (κ2) is 7.40. The number of piperidine rings is 1. The third-order valence-corrected chi connectivity index (χ3v) is 3.73. The number of ether oxygens (including phenoxy) is 1. The summed E-state index contributed by atoms with van der Waals surface area (Å²) in [4.78, 5) is 36.8. The number of esters is 1. The van der Waals surface area contributed by atoms with E-state index < -0.39 is 30.4 Å². The van der Waals surface area contributed by atoms with Gasteiger partial charge in [0.1, 0.15) is 6.04 Å². The Morgan fingerprint density at radius 2 is 1.96 bits per heavy atom. The maximum atomic E-state index is 12.1. The Bertz CT molecular complexity index is 648. The van der Waals surface area contributed by atoms with Gasteiger partial charge in [0.15, 0.2) is 6.61 Å². The molecule has 1 aromatic rings. The van der Waals surface area contributed by atoms with E-state index in [2.05, 4.69) is 0 Å². The molecule has 23 heavy (non-hydrogen) atoms. The molecule has 1 heterocycles. The molecule has 1 aliphatic rings. The normalized spacial score (nSPS) is 17.2. The molecule has 1 atom stereocenters. The van der Waals surface area contributed by atoms with E-state index in [4.69, 9.17) is 15.7 Å². The molecule has 0 aromatic heterocycles. The van der Waals surface area contributed by atoms with Crippen molar-refractivity contribution in [1.82, 2.24) is 4.90 Å². The van der Waals surface area contributed by atoms with Gasteiger partial charge in [-0.15, -0.1) is 0 Å². The molecule has 2 N–H and O–H groups in total. The Morgan fingerprint density at radius 3 is 2.57 bits per heavy atom. The number of hydrogen-bond acceptors (Lipinski definition) is 5. The molecule has 2 rings (SSSR count). The van der Waals surface area contributed by atoms with Crippen LogP contribution in [0.1, 0.15) is 35.2 Å². The minimum Gasteiger partial charge on any atom is -0.452 e. The van der Waals surface area contributed by atoms with Crippen LogP contribution in [0.2, 0.25) is 0 Å². The number of carbonyl (C=O) groups excluding carboxylic acids is 3. The predicted molar refractivity (Wildman–Crippen MR) is 80.0 cm³/mol. The van der Waals surface area contributed by atoms with Crippen molar-refractivity contribution in [3.05, 3.63) is 35.4 Å². The van der Waals surface area contributed by atoms with Crippen molar-refractivity contribution in [3.63, 3.8) is 0 Å². The summed E-state index contributed by atoms with van der Waals surface area (Å²) < 4.78 is 4.98. The van der Waals surface area contributed by atoms with Crippen LogP contribution in [0, 0.1) is 11.3 Å². The zero-order chi connectivity index (χ0) is 16.8. The fraction of sp³-hybridized carbons (Fsp3) is 0.375. The largest absolute Gasteiger partial charge is 0.452 e. The molecular weight excluding hydrogens is 298 g/mol. The topological polar surface area (TPSA) is 113 Å². The van der Waals surface area contributed by atoms with Gasteiger partial charge >= 0.3 is 5.97 Å². The van der Waals surface area contributed by atoms with Gasteiger partial charge in [-0.2, -0.15) is 5.26 Å². The van der Waals surface area contributed by atoms with Gasteiger partial charge in [-0.25, -0.2) is 4.79 Å². The van der Waals surface area contributed by atoms with E-state index in [1.165, 1.54) is 29.2 Å². The van der Waals surface area contributed by atoms with E-state index in [1.807, 2.05) is 6.07 Å². The molecule has 7 heteroatoms. The number of benzene rings is 1. The third kappa shape index (κ3) is 4.07. The van der Waals surface area contributed by atoms with E-state index in [9.17, 15) is 14.4 Å². The highest BCUT2D eigenvalue weighted by atomic mass is 16.5. The molecular formula is C16H17N3O4. The summed E-state index contributed by atoms with van der Waals surface area (Å²) in [5.41, 5.74) is 5.98. The van der Waals surface area contributed by atoms with Gasteiger partial charge < -0.3 is 15.4 Å². The van der Waals surface area contributed by atoms with Gasteiger partial charge in [0.05, 0.1) is 17.2 Å². The van der Waals surface area contributed by atoms with Crippen molar-refractivity contribution < 1.29 is 19.1 Å². The summed E-state index contributed by atoms with van der Waals surface area (Å²) in [6.07, 6.45) is 2.16. The van der Waals surface area contributed by atoms with Gasteiger partial charge in [0, 0.05) is 6.54 Å². The van der Waals surface area contributed by atoms with Crippen LogP contribution in [-0.2, 0) is 14.3 Å². The molecule has 120 valence electrons. The Morgan fingerprint density at radius 1 is 1.26 bits per heavy atom. The average molecular weight is 315 g/mol. The quantitative estimate of drug-likeness (QED) is 0.816. The Hall–Kier alpha value is -2.88. The molecule has 0 radical (unpaired) electrons. The Balaban J connectivity index is 1.93. The standard InChI is InChI=1S/C16H17N3O4/c17-9-11-4-6-12(7-5-11)16(22)23-10-14(20)19-8-2-1-3-13(19)15(18)21/h4-7,13H,1-3,8,10H2,(H2,18,21)/t13-/m1/s1. The number of carbonyl (C=O) groups is 3. The summed E-state index contributed by atoms with van der Waals surface area (Å²) in [5, 5.41) is 8.70. The first kappa shape index (κ1) is 16.5. The summed E-state index contributed by atoms with van der Waals surface area (Å²) in [6, 6.07) is 7.21. The average Bonchev–Trinajstić information content (AvgIpc) is 2.59. The third-order valence-electron chi connectivity index (χ3n) is 3.73. The molecule has 1 fully saturated rings. The van der Waals surface area contributed by atoms with Crippen LogP contribution >= 0.6 is 0 Å². The number of likely N-dealkylation sites (tertiary alicyclic amines) is 1. The van der Waals surface area contributed by atoms with Gasteiger partial charge in [0.2, 0.25) is 5.91 Å². The maximum Gasteiger partial charge on any atom is 0.338 e. The van der Waals surface area contributed by atoms with Crippen molar-refractivity contribution in [3.8, 4) is 6.07 Å². The Kier molecular flexibility index (Phi) is 5.31. The first-order valence-electron chi connectivity index (χ1n) is 7.29. The van der Waals surface area contributed by atoms with Gasteiger partial charge in [0.25, 0.3) is 5.91 Å². The zero-order valence-electron chi connectivity index (χ0n) is 12.5. The molecule has 0 saturated carbocycles. The fourth-order valence-electron chi connectivity index (χ4n) is 2.50. The lowest BCUT2D eigenvalue weighted by Gasteiger charge is -2.33. The van der Waals surface area contributed by atoms with E-state index in [0.717, 1.165) is 12.8 Å². The van der Waals surface area contributed by atoms with Crippen molar-refractivity contribution in [2.24, 2.45) is 5.73 Å². The van der Waals surface area contributed by atoms with Gasteiger partial charge in [-0.3, -0.25) is 9.59 Å². The Labute approximate surface area is 133 Å². The molecule has 7 nitrogen and oxygen atoms in total. The molecule has 0 unspecified atom stereocenters. The second-order valence-corrected chi connectivity index (χ2v) is 5.27. The number of nitriles is 1. The van der Waals surface area contributed by atoms with Crippen LogP contribution in [-0.4, -0.2) is 41.9 Å². The van der Waals surface area contributed by atoms with E-state index in [0.29, 0.717) is 18.5 Å². The number of nitrogens with zero attached hydrogens (tertiary/aromatic N) is 2. The zero-order valence-corrected chi connectivity index (χ0v) is 12.5. The van der Waals surface area contributed by atoms with Crippen molar-refractivity contribution in [2.45, 2.75) is 25.3 Å². The maximum absolute atomic E-state index is 12.1. The van der Waals surface area contributed by atoms with Crippen LogP contribution in [0.25, 0.3) is 0 Å². The van der Waals surface area contributed by atoms with Crippen LogP contribution in [0.5, 0.6) is 0 Å². The summed E-state index contributed by atoms with van der Waals surface area (Å²) >= 11 is 0. The van der Waals surface area contributed by atoms with E-state index >= 15 is 0 Å². The molecule has 0 aliphatic carbocycles. The monoisotopic (exact) mass is 315 g/mol. The number of rotatable bonds is 4. The number of hydrogen-bond donors (Lipinski definition) is 1. The van der Waals surface area contributed by atoms with E-state index in [1.54, 1.807) is 0 Å². The van der Waals surface area contributed by atoms with Crippen molar-refractivity contribution in [1.29, 1.82) is 5.26 Å². The smallest absolute Gasteiger partial charge is 0.338 e. The van der Waals surface area contributed by atoms with Crippen LogP contribution < -0.4 is 5.73 Å². The minimum atomic E-state index is -0.657. The second-order valence-electron chi connectivity index (χ2n) is 5.27. The summed E-state index contributed by atoms with van der Waals surface area (Å²) in [7, 11) is 0. The number of nitrogens with two attached hydrogens (primary N) is 1. The summed E-state index contributed by atoms with van der Waals surface area (Å²) in [5.74, 6) is -1.64. The lowest BCUT2D eigenvalue weighted by Crippen LogP contribution is -2.51. The minimum absolute atomic E-state index is 0.252. The van der Waals surface area contributed by atoms with E-state index in [-0.39, 0.29) is 5.56 Å². The number of amides is 2. The highest BCUT2D eigenvalue weighted by Crippen LogP contribution is 2.17. The predicted octanol–water partition coefficient (Wildman–Crippen LogP) is 0.581. The number of primary amides is 1. The fourth-order valence-corrected chi connectivity index (χ4v) is 2.50. The van der Waals surface area contributed by atoms with Crippen LogP contribution in [0.15, 0.2) is 24.3 Å². The SMILES string of the molecule is N#Cc1ccc(C(=O)OCC(=O)N2CCCC[C@@H]2C(N)=O)cc1. The summed E-state index contributed by atoms with van der Waals surface area (Å²) in [6.45, 7) is -0.0104. The first-order valence-corrected chi connectivity index (χ1v) is 7.29. The van der Waals surface area contributed by atoms with Crippen LogP contribution in [0.4, 0.5) is 0 Å². The van der Waals surface area contributed by atoms with Crippen molar-refractivity contribution >= 4 is 17.8 Å². The molecule has 2 amide bonds. The first-order chi connectivity index (χ1) is 11.0. The van der Waals surface area contributed by atoms with Gasteiger partial charge in [-0.05, 0) is 43.5 Å². The lowest BCUT2D eigenvalue weighted by molar-refractivity contribution is -0.143. The van der Waals surface area contributed by atoms with Crippen molar-refractivity contribution in [2.75, 3.05) is 13.2 Å². The highest BCUT2D eigenvalue weighted by molar-refractivity contribution is 5.92. The molecule has 0 bridgehead atoms. The highest BCUT2D eigenvalue weighted by Gasteiger charge is 2.31. The molecule has 1 aromatic carbocycles. The molecule has 1 aliphatic heterocycles. The van der Waals surface area contributed by atoms with Gasteiger partial charge in [-0.1, -0.05) is 0 Å². The molecule has 0 spiro atoms. The van der Waals surface area contributed by atoms with Crippen LogP contribution in [0.3, 0.4) is 0 Å².